The van der Waals surface area contributed by atoms with Crippen molar-refractivity contribution in [3.05, 3.63) is 33.1 Å². The minimum atomic E-state index is -5.26. The number of nitrogens with one attached hydrogen (secondary N) is 1. The van der Waals surface area contributed by atoms with E-state index in [2.05, 4.69) is 0 Å². The molecule has 0 spiro atoms. The van der Waals surface area contributed by atoms with Gasteiger partial charge < -0.3 is 5.32 Å². The summed E-state index contributed by atoms with van der Waals surface area (Å²) in [4.78, 5) is 20.0. The van der Waals surface area contributed by atoms with E-state index in [9.17, 15) is 32.5 Å². The van der Waals surface area contributed by atoms with Crippen LogP contribution in [0.5, 0.6) is 0 Å². The fourth-order valence-corrected chi connectivity index (χ4v) is 1.25. The highest BCUT2D eigenvalue weighted by molar-refractivity contribution is 6.35. The van der Waals surface area contributed by atoms with Gasteiger partial charge in [-0.2, -0.15) is 13.2 Å². The van der Waals surface area contributed by atoms with E-state index >= 15 is 0 Å². The SMILES string of the molecule is O=C(Nc1c(F)ccc([N+](=O)[O-])c1Cl)C(F)(F)F. The Morgan fingerprint density at radius 1 is 1.39 bits per heavy atom. The fourth-order valence-electron chi connectivity index (χ4n) is 0.981. The first-order valence-electron chi connectivity index (χ1n) is 4.15. The molecule has 10 heteroatoms. The van der Waals surface area contributed by atoms with Crippen LogP contribution >= 0.6 is 11.6 Å². The second kappa shape index (κ2) is 4.77. The lowest BCUT2D eigenvalue weighted by Crippen LogP contribution is -2.30. The van der Waals surface area contributed by atoms with E-state index in [4.69, 9.17) is 11.6 Å². The molecule has 98 valence electrons. The molecule has 0 aromatic heterocycles. The Morgan fingerprint density at radius 2 is 1.94 bits per heavy atom. The molecule has 0 saturated carbocycles. The third-order valence-electron chi connectivity index (χ3n) is 1.76. The van der Waals surface area contributed by atoms with Crippen LogP contribution in [0.15, 0.2) is 12.1 Å². The van der Waals surface area contributed by atoms with Crippen molar-refractivity contribution in [2.24, 2.45) is 0 Å². The van der Waals surface area contributed by atoms with Crippen molar-refractivity contribution in [3.63, 3.8) is 0 Å². The molecule has 0 aliphatic rings. The van der Waals surface area contributed by atoms with Gasteiger partial charge in [-0.25, -0.2) is 4.39 Å². The second-order valence-corrected chi connectivity index (χ2v) is 3.34. The zero-order valence-corrected chi connectivity index (χ0v) is 8.97. The van der Waals surface area contributed by atoms with E-state index in [1.54, 1.807) is 0 Å². The molecule has 1 amide bonds. The van der Waals surface area contributed by atoms with E-state index in [1.165, 1.54) is 0 Å². The van der Waals surface area contributed by atoms with Crippen molar-refractivity contribution in [2.75, 3.05) is 5.32 Å². The highest BCUT2D eigenvalue weighted by Gasteiger charge is 2.39. The molecule has 0 fully saturated rings. The summed E-state index contributed by atoms with van der Waals surface area (Å²) in [5.41, 5.74) is -1.91. The van der Waals surface area contributed by atoms with Crippen LogP contribution in [-0.4, -0.2) is 17.0 Å². The van der Waals surface area contributed by atoms with Gasteiger partial charge in [0.05, 0.1) is 4.92 Å². The van der Waals surface area contributed by atoms with Crippen LogP contribution < -0.4 is 5.32 Å². The molecule has 0 atom stereocenters. The number of nitro groups is 1. The lowest BCUT2D eigenvalue weighted by atomic mass is 10.2. The van der Waals surface area contributed by atoms with Gasteiger partial charge in [0.2, 0.25) is 0 Å². The van der Waals surface area contributed by atoms with Gasteiger partial charge in [-0.1, -0.05) is 11.6 Å². The average Bonchev–Trinajstić information content (AvgIpc) is 2.21. The number of halogens is 5. The maximum Gasteiger partial charge on any atom is 0.471 e. The van der Waals surface area contributed by atoms with Gasteiger partial charge in [0.25, 0.3) is 5.69 Å². The van der Waals surface area contributed by atoms with E-state index in [0.29, 0.717) is 12.1 Å². The minimum Gasteiger partial charge on any atom is -0.314 e. The molecule has 18 heavy (non-hydrogen) atoms. The predicted molar refractivity (Wildman–Crippen MR) is 52.7 cm³/mol. The molecule has 0 aliphatic heterocycles. The summed E-state index contributed by atoms with van der Waals surface area (Å²) >= 11 is 5.34. The molecule has 1 N–H and O–H groups in total. The third kappa shape index (κ3) is 2.86. The number of carbonyl (C=O) groups is 1. The second-order valence-electron chi connectivity index (χ2n) is 2.96. The maximum absolute atomic E-state index is 13.2. The first-order chi connectivity index (χ1) is 8.14. The zero-order valence-electron chi connectivity index (χ0n) is 8.22. The van der Waals surface area contributed by atoms with Crippen LogP contribution in [0.2, 0.25) is 5.02 Å². The van der Waals surface area contributed by atoms with E-state index < -0.39 is 39.2 Å². The number of nitrogens with zero attached hydrogens (tertiary/aromatic N) is 1. The van der Waals surface area contributed by atoms with Crippen LogP contribution in [0, 0.1) is 15.9 Å². The van der Waals surface area contributed by atoms with Gasteiger partial charge in [0, 0.05) is 6.07 Å². The highest BCUT2D eigenvalue weighted by Crippen LogP contribution is 2.34. The monoisotopic (exact) mass is 286 g/mol. The van der Waals surface area contributed by atoms with Crippen molar-refractivity contribution in [1.82, 2.24) is 0 Å². The number of rotatable bonds is 2. The average molecular weight is 287 g/mol. The van der Waals surface area contributed by atoms with Crippen molar-refractivity contribution in [1.29, 1.82) is 0 Å². The Labute approximate surface area is 101 Å². The summed E-state index contributed by atoms with van der Waals surface area (Å²) in [7, 11) is 0. The molecule has 1 rings (SSSR count). The number of carbonyl (C=O) groups excluding carboxylic acids is 1. The molecule has 1 aromatic carbocycles. The normalized spacial score (nSPS) is 11.2. The Kier molecular flexibility index (Phi) is 3.75. The van der Waals surface area contributed by atoms with Crippen LogP contribution in [-0.2, 0) is 4.79 Å². The van der Waals surface area contributed by atoms with E-state index in [-0.39, 0.29) is 0 Å². The lowest BCUT2D eigenvalue weighted by molar-refractivity contribution is -0.384. The number of amides is 1. The Balaban J connectivity index is 3.21. The Bertz CT molecular complexity index is 518. The first-order valence-corrected chi connectivity index (χ1v) is 4.53. The number of hydrogen-bond acceptors (Lipinski definition) is 3. The standard InChI is InChI=1S/C8H3ClF4N2O3/c9-5-4(15(17)18)2-1-3(10)6(5)14-7(16)8(11,12)13/h1-2H,(H,14,16). The van der Waals surface area contributed by atoms with E-state index in [1.807, 2.05) is 0 Å². The van der Waals surface area contributed by atoms with Gasteiger partial charge in [0.15, 0.2) is 0 Å². The van der Waals surface area contributed by atoms with Crippen LogP contribution in [0.25, 0.3) is 0 Å². The third-order valence-corrected chi connectivity index (χ3v) is 2.15. The molecule has 5 nitrogen and oxygen atoms in total. The fraction of sp³-hybridized carbons (Fsp3) is 0.125. The Hall–Kier alpha value is -1.90. The van der Waals surface area contributed by atoms with Gasteiger partial charge in [-0.15, -0.1) is 0 Å². The smallest absolute Gasteiger partial charge is 0.314 e. The molecule has 0 aliphatic carbocycles. The number of alkyl halides is 3. The van der Waals surface area contributed by atoms with Crippen molar-refractivity contribution >= 4 is 28.9 Å². The molecular formula is C8H3ClF4N2O3. The number of hydrogen-bond donors (Lipinski definition) is 1. The van der Waals surface area contributed by atoms with Gasteiger partial charge in [-0.3, -0.25) is 14.9 Å². The van der Waals surface area contributed by atoms with Crippen molar-refractivity contribution in [3.8, 4) is 0 Å². The molecule has 0 bridgehead atoms. The lowest BCUT2D eigenvalue weighted by Gasteiger charge is -2.10. The maximum atomic E-state index is 13.2. The van der Waals surface area contributed by atoms with Crippen LogP contribution in [0.1, 0.15) is 0 Å². The molecule has 0 saturated heterocycles. The number of nitro benzene ring substituents is 1. The van der Waals surface area contributed by atoms with E-state index in [0.717, 1.165) is 5.32 Å². The van der Waals surface area contributed by atoms with Crippen LogP contribution in [0.3, 0.4) is 0 Å². The first kappa shape index (κ1) is 14.2. The zero-order chi connectivity index (χ0) is 14.1. The molecule has 1 aromatic rings. The summed E-state index contributed by atoms with van der Waals surface area (Å²) in [6.45, 7) is 0. The summed E-state index contributed by atoms with van der Waals surface area (Å²) in [5, 5.41) is 10.7. The number of benzene rings is 1. The van der Waals surface area contributed by atoms with Crippen LogP contribution in [0.4, 0.5) is 28.9 Å². The highest BCUT2D eigenvalue weighted by atomic mass is 35.5. The number of anilines is 1. The molecular weight excluding hydrogens is 284 g/mol. The topological polar surface area (TPSA) is 72.2 Å². The molecule has 0 unspecified atom stereocenters. The summed E-state index contributed by atoms with van der Waals surface area (Å²) in [6, 6.07) is 1.19. The van der Waals surface area contributed by atoms with Gasteiger partial charge >= 0.3 is 12.1 Å². The predicted octanol–water partition coefficient (Wildman–Crippen LogP) is 2.89. The summed E-state index contributed by atoms with van der Waals surface area (Å²) in [6.07, 6.45) is -5.26. The summed E-state index contributed by atoms with van der Waals surface area (Å²) < 4.78 is 49.0. The Morgan fingerprint density at radius 3 is 2.39 bits per heavy atom. The van der Waals surface area contributed by atoms with Crippen molar-refractivity contribution < 1.29 is 27.3 Å². The molecule has 0 heterocycles. The van der Waals surface area contributed by atoms with Gasteiger partial charge in [-0.05, 0) is 6.07 Å². The summed E-state index contributed by atoms with van der Waals surface area (Å²) in [5.74, 6) is -3.80. The molecule has 0 radical (unpaired) electrons. The van der Waals surface area contributed by atoms with Gasteiger partial charge in [0.1, 0.15) is 16.5 Å². The quantitative estimate of drug-likeness (QED) is 0.516. The van der Waals surface area contributed by atoms with Crippen molar-refractivity contribution in [2.45, 2.75) is 6.18 Å². The minimum absolute atomic E-state index is 0.524. The largest absolute Gasteiger partial charge is 0.471 e.